The molecule has 106 valence electrons. The Morgan fingerprint density at radius 3 is 2.60 bits per heavy atom. The zero-order valence-corrected chi connectivity index (χ0v) is 12.2. The summed E-state index contributed by atoms with van der Waals surface area (Å²) in [5, 5.41) is 3.15. The van der Waals surface area contributed by atoms with E-state index < -0.39 is 0 Å². The zero-order chi connectivity index (χ0) is 14.5. The van der Waals surface area contributed by atoms with Crippen LogP contribution in [0.3, 0.4) is 0 Å². The van der Waals surface area contributed by atoms with E-state index in [1.54, 1.807) is 6.07 Å². The maximum Gasteiger partial charge on any atom is 0.146 e. The third-order valence-electron chi connectivity index (χ3n) is 3.42. The Balaban J connectivity index is 2.22. The SMILES string of the molecule is CCc1cccc(NC)c1OCc1ccc(F)cc1C. The summed E-state index contributed by atoms with van der Waals surface area (Å²) in [6.07, 6.45) is 0.910. The van der Waals surface area contributed by atoms with Crippen LogP contribution in [-0.2, 0) is 13.0 Å². The van der Waals surface area contributed by atoms with Gasteiger partial charge in [0.2, 0.25) is 0 Å². The smallest absolute Gasteiger partial charge is 0.146 e. The summed E-state index contributed by atoms with van der Waals surface area (Å²) in [7, 11) is 1.88. The predicted molar refractivity (Wildman–Crippen MR) is 80.8 cm³/mol. The molecule has 2 nitrogen and oxygen atoms in total. The number of para-hydroxylation sites is 1. The summed E-state index contributed by atoms with van der Waals surface area (Å²) in [5.41, 5.74) is 4.05. The van der Waals surface area contributed by atoms with Crippen molar-refractivity contribution in [3.05, 3.63) is 58.9 Å². The molecule has 0 fully saturated rings. The van der Waals surface area contributed by atoms with Gasteiger partial charge in [-0.1, -0.05) is 25.1 Å². The number of hydrogen-bond donors (Lipinski definition) is 1. The monoisotopic (exact) mass is 273 g/mol. The van der Waals surface area contributed by atoms with E-state index in [0.29, 0.717) is 6.61 Å². The van der Waals surface area contributed by atoms with Gasteiger partial charge in [-0.25, -0.2) is 4.39 Å². The van der Waals surface area contributed by atoms with Gasteiger partial charge in [0.1, 0.15) is 18.2 Å². The summed E-state index contributed by atoms with van der Waals surface area (Å²) in [4.78, 5) is 0. The second kappa shape index (κ2) is 6.42. The molecule has 2 aromatic carbocycles. The molecular formula is C17H20FNO. The van der Waals surface area contributed by atoms with Crippen molar-refractivity contribution >= 4 is 5.69 Å². The Kier molecular flexibility index (Phi) is 4.61. The second-order valence-corrected chi connectivity index (χ2v) is 4.76. The van der Waals surface area contributed by atoms with Gasteiger partial charge >= 0.3 is 0 Å². The number of halogens is 1. The first-order valence-corrected chi connectivity index (χ1v) is 6.83. The van der Waals surface area contributed by atoms with E-state index in [1.165, 1.54) is 12.1 Å². The molecule has 0 saturated heterocycles. The van der Waals surface area contributed by atoms with E-state index in [9.17, 15) is 4.39 Å². The average Bonchev–Trinajstić information content (AvgIpc) is 2.46. The van der Waals surface area contributed by atoms with Gasteiger partial charge in [-0.2, -0.15) is 0 Å². The first-order valence-electron chi connectivity index (χ1n) is 6.83. The van der Waals surface area contributed by atoms with Gasteiger partial charge in [0.25, 0.3) is 0 Å². The molecule has 3 heteroatoms. The first-order chi connectivity index (χ1) is 9.65. The highest BCUT2D eigenvalue weighted by atomic mass is 19.1. The van der Waals surface area contributed by atoms with E-state index in [-0.39, 0.29) is 5.82 Å². The Morgan fingerprint density at radius 1 is 1.15 bits per heavy atom. The minimum atomic E-state index is -0.212. The van der Waals surface area contributed by atoms with Crippen molar-refractivity contribution in [3.8, 4) is 5.75 Å². The highest BCUT2D eigenvalue weighted by Gasteiger charge is 2.09. The van der Waals surface area contributed by atoms with Gasteiger partial charge in [-0.3, -0.25) is 0 Å². The van der Waals surface area contributed by atoms with Crippen LogP contribution in [0.25, 0.3) is 0 Å². The molecule has 0 radical (unpaired) electrons. The Labute approximate surface area is 119 Å². The van der Waals surface area contributed by atoms with Crippen LogP contribution in [0.4, 0.5) is 10.1 Å². The lowest BCUT2D eigenvalue weighted by Crippen LogP contribution is -2.03. The molecule has 1 N–H and O–H groups in total. The van der Waals surface area contributed by atoms with Crippen molar-refractivity contribution in [2.75, 3.05) is 12.4 Å². The van der Waals surface area contributed by atoms with Crippen molar-refractivity contribution < 1.29 is 9.13 Å². The van der Waals surface area contributed by atoms with Crippen LogP contribution in [0.2, 0.25) is 0 Å². The molecule has 20 heavy (non-hydrogen) atoms. The average molecular weight is 273 g/mol. The number of hydrogen-bond acceptors (Lipinski definition) is 2. The molecule has 0 aliphatic heterocycles. The number of ether oxygens (including phenoxy) is 1. The third kappa shape index (κ3) is 3.10. The lowest BCUT2D eigenvalue weighted by molar-refractivity contribution is 0.304. The van der Waals surface area contributed by atoms with Crippen LogP contribution in [0.5, 0.6) is 5.75 Å². The van der Waals surface area contributed by atoms with E-state index >= 15 is 0 Å². The molecule has 0 atom stereocenters. The highest BCUT2D eigenvalue weighted by Crippen LogP contribution is 2.30. The summed E-state index contributed by atoms with van der Waals surface area (Å²) in [6, 6.07) is 10.8. The van der Waals surface area contributed by atoms with Crippen molar-refractivity contribution in [2.24, 2.45) is 0 Å². The fourth-order valence-corrected chi connectivity index (χ4v) is 2.20. The molecule has 0 saturated carbocycles. The van der Waals surface area contributed by atoms with Gasteiger partial charge in [0.05, 0.1) is 5.69 Å². The lowest BCUT2D eigenvalue weighted by Gasteiger charge is -2.16. The van der Waals surface area contributed by atoms with Gasteiger partial charge in [-0.15, -0.1) is 0 Å². The van der Waals surface area contributed by atoms with Crippen molar-refractivity contribution in [1.29, 1.82) is 0 Å². The number of nitrogens with one attached hydrogen (secondary N) is 1. The van der Waals surface area contributed by atoms with Crippen LogP contribution in [0, 0.1) is 12.7 Å². The fourth-order valence-electron chi connectivity index (χ4n) is 2.20. The summed E-state index contributed by atoms with van der Waals surface area (Å²) in [5.74, 6) is 0.664. The highest BCUT2D eigenvalue weighted by molar-refractivity contribution is 5.60. The van der Waals surface area contributed by atoms with Gasteiger partial charge in [-0.05, 0) is 48.2 Å². The van der Waals surface area contributed by atoms with Crippen LogP contribution in [-0.4, -0.2) is 7.05 Å². The zero-order valence-electron chi connectivity index (χ0n) is 12.2. The van der Waals surface area contributed by atoms with Crippen molar-refractivity contribution in [1.82, 2.24) is 0 Å². The molecule has 0 bridgehead atoms. The minimum Gasteiger partial charge on any atom is -0.486 e. The van der Waals surface area contributed by atoms with E-state index in [2.05, 4.69) is 18.3 Å². The minimum absolute atomic E-state index is 0.212. The summed E-state index contributed by atoms with van der Waals surface area (Å²) >= 11 is 0. The molecule has 0 heterocycles. The first kappa shape index (κ1) is 14.4. The standard InChI is InChI=1S/C17H20FNO/c1-4-13-6-5-7-16(19-3)17(13)20-11-14-8-9-15(18)10-12(14)2/h5-10,19H,4,11H2,1-3H3. The Hall–Kier alpha value is -2.03. The van der Waals surface area contributed by atoms with Gasteiger partial charge in [0, 0.05) is 7.05 Å². The summed E-state index contributed by atoms with van der Waals surface area (Å²) < 4.78 is 19.1. The molecule has 0 spiro atoms. The predicted octanol–water partition coefficient (Wildman–Crippen LogP) is 4.32. The van der Waals surface area contributed by atoms with Crippen LogP contribution in [0.15, 0.2) is 36.4 Å². The molecule has 0 unspecified atom stereocenters. The van der Waals surface area contributed by atoms with E-state index in [0.717, 1.165) is 34.5 Å². The molecule has 0 amide bonds. The van der Waals surface area contributed by atoms with E-state index in [4.69, 9.17) is 4.74 Å². The van der Waals surface area contributed by atoms with Crippen LogP contribution < -0.4 is 10.1 Å². The van der Waals surface area contributed by atoms with Crippen molar-refractivity contribution in [2.45, 2.75) is 26.9 Å². The largest absolute Gasteiger partial charge is 0.486 e. The van der Waals surface area contributed by atoms with Crippen molar-refractivity contribution in [3.63, 3.8) is 0 Å². The van der Waals surface area contributed by atoms with Gasteiger partial charge < -0.3 is 10.1 Å². The third-order valence-corrected chi connectivity index (χ3v) is 3.42. The summed E-state index contributed by atoms with van der Waals surface area (Å²) in [6.45, 7) is 4.44. The lowest BCUT2D eigenvalue weighted by atomic mass is 10.1. The Morgan fingerprint density at radius 2 is 1.95 bits per heavy atom. The molecular weight excluding hydrogens is 253 g/mol. The number of aryl methyl sites for hydroxylation is 2. The maximum absolute atomic E-state index is 13.1. The van der Waals surface area contributed by atoms with E-state index in [1.807, 2.05) is 26.1 Å². The molecule has 2 aromatic rings. The van der Waals surface area contributed by atoms with Crippen LogP contribution >= 0.6 is 0 Å². The topological polar surface area (TPSA) is 21.3 Å². The fraction of sp³-hybridized carbons (Fsp3) is 0.294. The quantitative estimate of drug-likeness (QED) is 0.876. The molecule has 2 rings (SSSR count). The number of anilines is 1. The number of rotatable bonds is 5. The molecule has 0 aliphatic rings. The normalized spacial score (nSPS) is 10.4. The van der Waals surface area contributed by atoms with Gasteiger partial charge in [0.15, 0.2) is 0 Å². The maximum atomic E-state index is 13.1. The number of benzene rings is 2. The second-order valence-electron chi connectivity index (χ2n) is 4.76. The van der Waals surface area contributed by atoms with Crippen LogP contribution in [0.1, 0.15) is 23.6 Å². The Bertz CT molecular complexity index is 573. The molecule has 0 aliphatic carbocycles. The molecule has 0 aromatic heterocycles.